The molecule has 0 fully saturated rings. The van der Waals surface area contributed by atoms with Crippen molar-refractivity contribution in [1.29, 1.82) is 0 Å². The van der Waals surface area contributed by atoms with Gasteiger partial charge in [-0.1, -0.05) is 243 Å². The van der Waals surface area contributed by atoms with Gasteiger partial charge < -0.3 is 0 Å². The molecule has 0 spiro atoms. The third kappa shape index (κ3) is 6.15. The highest BCUT2D eigenvalue weighted by molar-refractivity contribution is 6.08. The predicted octanol–water partition coefficient (Wildman–Crippen LogP) is 16.5. The fraction of sp³-hybridized carbons (Fsp3) is 0.0323. The van der Waals surface area contributed by atoms with Crippen LogP contribution >= 0.6 is 0 Å². The first-order valence-electron chi connectivity index (χ1n) is 21.7. The highest BCUT2D eigenvalue weighted by atomic mass is 14.4. The summed E-state index contributed by atoms with van der Waals surface area (Å²) in [6.07, 6.45) is 0. The Labute approximate surface area is 363 Å². The lowest BCUT2D eigenvalue weighted by Crippen LogP contribution is -2.04. The van der Waals surface area contributed by atoms with Gasteiger partial charge in [0.25, 0.3) is 0 Å². The smallest absolute Gasteiger partial charge is 0.0352 e. The molecule has 2 atom stereocenters. The van der Waals surface area contributed by atoms with Gasteiger partial charge in [0.2, 0.25) is 0 Å². The van der Waals surface area contributed by atoms with E-state index in [0.29, 0.717) is 0 Å². The molecule has 1 aliphatic rings. The van der Waals surface area contributed by atoms with Crippen molar-refractivity contribution in [2.45, 2.75) is 11.8 Å². The molecule has 0 heterocycles. The molecule has 0 aromatic heterocycles. The summed E-state index contributed by atoms with van der Waals surface area (Å²) in [5.74, 6) is 0.186. The second kappa shape index (κ2) is 15.0. The molecule has 0 nitrogen and oxygen atoms in total. The van der Waals surface area contributed by atoms with Crippen LogP contribution in [0.4, 0.5) is 0 Å². The number of hydrogen-bond acceptors (Lipinski definition) is 0. The molecule has 11 aromatic rings. The summed E-state index contributed by atoms with van der Waals surface area (Å²) in [7, 11) is 0. The van der Waals surface area contributed by atoms with Crippen LogP contribution in [-0.2, 0) is 0 Å². The lowest BCUT2D eigenvalue weighted by atomic mass is 9.82. The molecule has 0 radical (unpaired) electrons. The standard InChI is InChI=1S/C62H42/c1-3-13-41(14-4-1)42-25-27-43(28-26-42)44-29-32-48(33-30-44)59(52-36-37-54-50(40-52)34-31-45-15-7-9-21-53(45)54)51-20-11-19-49(39-51)56-23-12-24-57-60(47-17-5-2-6-18-47)58-38-35-46-16-8-10-22-55(46)61(58)62(56)57/h1-40,59-60H. The van der Waals surface area contributed by atoms with E-state index in [9.17, 15) is 0 Å². The van der Waals surface area contributed by atoms with Crippen LogP contribution in [0.5, 0.6) is 0 Å². The maximum atomic E-state index is 2.46. The normalized spacial score (nSPS) is 13.6. The van der Waals surface area contributed by atoms with Crippen LogP contribution in [0, 0.1) is 0 Å². The van der Waals surface area contributed by atoms with Crippen LogP contribution in [0.25, 0.3) is 76.8 Å². The molecule has 2 unspecified atom stereocenters. The lowest BCUT2D eigenvalue weighted by molar-refractivity contribution is 0.981. The molecule has 0 heteroatoms. The van der Waals surface area contributed by atoms with Crippen molar-refractivity contribution in [2.75, 3.05) is 0 Å². The first kappa shape index (κ1) is 36.1. The summed E-state index contributed by atoms with van der Waals surface area (Å²) < 4.78 is 0. The van der Waals surface area contributed by atoms with E-state index in [1.807, 2.05) is 0 Å². The van der Waals surface area contributed by atoms with Gasteiger partial charge in [-0.05, 0) is 110 Å². The zero-order valence-electron chi connectivity index (χ0n) is 34.2. The van der Waals surface area contributed by atoms with Crippen molar-refractivity contribution in [3.63, 3.8) is 0 Å². The minimum atomic E-state index is 0.0160. The van der Waals surface area contributed by atoms with E-state index >= 15 is 0 Å². The quantitative estimate of drug-likeness (QED) is 0.111. The summed E-state index contributed by atoms with van der Waals surface area (Å²) in [6, 6.07) is 90.1. The molecule has 11 aromatic carbocycles. The van der Waals surface area contributed by atoms with E-state index in [-0.39, 0.29) is 11.8 Å². The third-order valence-electron chi connectivity index (χ3n) is 13.3. The van der Waals surface area contributed by atoms with Crippen molar-refractivity contribution >= 4 is 32.3 Å². The van der Waals surface area contributed by atoms with Gasteiger partial charge in [-0.25, -0.2) is 0 Å². The van der Waals surface area contributed by atoms with Gasteiger partial charge >= 0.3 is 0 Å². The fourth-order valence-corrected chi connectivity index (χ4v) is 10.3. The minimum Gasteiger partial charge on any atom is -0.0622 e. The molecular weight excluding hydrogens is 745 g/mol. The Balaban J connectivity index is 1.00. The summed E-state index contributed by atoms with van der Waals surface area (Å²) >= 11 is 0. The van der Waals surface area contributed by atoms with Crippen molar-refractivity contribution in [2.24, 2.45) is 0 Å². The van der Waals surface area contributed by atoms with Crippen LogP contribution in [-0.4, -0.2) is 0 Å². The maximum absolute atomic E-state index is 2.46. The van der Waals surface area contributed by atoms with Gasteiger partial charge in [-0.3, -0.25) is 0 Å². The van der Waals surface area contributed by atoms with E-state index in [1.165, 1.54) is 110 Å². The van der Waals surface area contributed by atoms with Crippen LogP contribution in [0.3, 0.4) is 0 Å². The number of benzene rings is 11. The van der Waals surface area contributed by atoms with Crippen molar-refractivity contribution in [3.05, 3.63) is 276 Å². The number of rotatable bonds is 7. The van der Waals surface area contributed by atoms with Gasteiger partial charge in [0.15, 0.2) is 0 Å². The third-order valence-corrected chi connectivity index (χ3v) is 13.3. The molecule has 0 saturated heterocycles. The zero-order valence-corrected chi connectivity index (χ0v) is 34.2. The van der Waals surface area contributed by atoms with Crippen LogP contribution in [0.2, 0.25) is 0 Å². The fourth-order valence-electron chi connectivity index (χ4n) is 10.3. The molecule has 0 bridgehead atoms. The molecule has 290 valence electrons. The van der Waals surface area contributed by atoms with Gasteiger partial charge in [0, 0.05) is 11.8 Å². The Morgan fingerprint density at radius 2 is 0.790 bits per heavy atom. The molecule has 0 amide bonds. The minimum absolute atomic E-state index is 0.0160. The molecule has 0 N–H and O–H groups in total. The van der Waals surface area contributed by atoms with E-state index in [2.05, 4.69) is 243 Å². The molecular formula is C62H42. The van der Waals surface area contributed by atoms with E-state index in [4.69, 9.17) is 0 Å². The van der Waals surface area contributed by atoms with Gasteiger partial charge in [-0.2, -0.15) is 0 Å². The maximum Gasteiger partial charge on any atom is 0.0352 e. The Bertz CT molecular complexity index is 3430. The number of hydrogen-bond donors (Lipinski definition) is 0. The van der Waals surface area contributed by atoms with Crippen molar-refractivity contribution in [3.8, 4) is 44.5 Å². The second-order valence-corrected chi connectivity index (χ2v) is 16.8. The SMILES string of the molecule is c1ccc(-c2ccc(-c3ccc(C(c4cccc(-c5cccc6c5-c5c(ccc7ccccc57)C6c5ccccc5)c4)c4ccc5c(ccc6ccccc65)c4)cc3)cc2)cc1. The van der Waals surface area contributed by atoms with E-state index in [0.717, 1.165) is 0 Å². The average Bonchev–Trinajstić information content (AvgIpc) is 3.70. The second-order valence-electron chi connectivity index (χ2n) is 16.8. The zero-order chi connectivity index (χ0) is 41.0. The summed E-state index contributed by atoms with van der Waals surface area (Å²) in [6.45, 7) is 0. The topological polar surface area (TPSA) is 0 Å². The van der Waals surface area contributed by atoms with Crippen molar-refractivity contribution < 1.29 is 0 Å². The van der Waals surface area contributed by atoms with Gasteiger partial charge in [0.05, 0.1) is 0 Å². The summed E-state index contributed by atoms with van der Waals surface area (Å²) in [5.41, 5.74) is 18.0. The molecule has 0 aliphatic heterocycles. The molecule has 12 rings (SSSR count). The van der Waals surface area contributed by atoms with E-state index < -0.39 is 0 Å². The van der Waals surface area contributed by atoms with Crippen LogP contribution in [0.15, 0.2) is 243 Å². The number of fused-ring (bicyclic) bond motifs is 8. The highest BCUT2D eigenvalue weighted by Gasteiger charge is 2.33. The Hall–Kier alpha value is -7.80. The first-order chi connectivity index (χ1) is 30.7. The summed E-state index contributed by atoms with van der Waals surface area (Å²) in [5, 5.41) is 7.68. The molecule has 0 saturated carbocycles. The largest absolute Gasteiger partial charge is 0.0622 e. The van der Waals surface area contributed by atoms with Crippen LogP contribution < -0.4 is 0 Å². The Morgan fingerprint density at radius 1 is 0.274 bits per heavy atom. The highest BCUT2D eigenvalue weighted by Crippen LogP contribution is 2.54. The molecule has 62 heavy (non-hydrogen) atoms. The van der Waals surface area contributed by atoms with Crippen LogP contribution in [0.1, 0.15) is 45.2 Å². The summed E-state index contributed by atoms with van der Waals surface area (Å²) in [4.78, 5) is 0. The monoisotopic (exact) mass is 786 g/mol. The van der Waals surface area contributed by atoms with Gasteiger partial charge in [-0.15, -0.1) is 0 Å². The predicted molar refractivity (Wildman–Crippen MR) is 262 cm³/mol. The average molecular weight is 787 g/mol. The van der Waals surface area contributed by atoms with Crippen molar-refractivity contribution in [1.82, 2.24) is 0 Å². The Morgan fingerprint density at radius 3 is 1.55 bits per heavy atom. The Kier molecular flexibility index (Phi) is 8.75. The lowest BCUT2D eigenvalue weighted by Gasteiger charge is -2.22. The van der Waals surface area contributed by atoms with Gasteiger partial charge in [0.1, 0.15) is 0 Å². The molecule has 1 aliphatic carbocycles. The first-order valence-corrected chi connectivity index (χ1v) is 21.7. The van der Waals surface area contributed by atoms with E-state index in [1.54, 1.807) is 0 Å².